The second-order valence-electron chi connectivity index (χ2n) is 6.72. The lowest BCUT2D eigenvalue weighted by Crippen LogP contribution is -2.71. The molecule has 0 bridgehead atoms. The van der Waals surface area contributed by atoms with Crippen LogP contribution in [0.15, 0.2) is 21.8 Å². The molecular formula is C17H18N6O9S2. The SMILES string of the molecule is CC(=O)OCC1=C(C(=O)O)N2C(=O)[C@@H](NC(=O)/C(=N\OCC(=O)NO)c3csc(N)n3)[C@H]2SC1. The van der Waals surface area contributed by atoms with Crippen molar-refractivity contribution in [3.05, 3.63) is 22.3 Å². The number of carbonyl (C=O) groups excluding carboxylic acids is 4. The third-order valence-electron chi connectivity index (χ3n) is 4.44. The first-order valence-corrected chi connectivity index (χ1v) is 11.2. The highest BCUT2D eigenvalue weighted by molar-refractivity contribution is 8.00. The standard InChI is InChI=1S/C17H18N6O9S2/c1-6(24)31-2-7-4-33-15-11(14(27)23(15)12(7)16(28)29)20-13(26)10(8-5-34-17(18)19-8)22-32-3-9(25)21-30/h5,11,15,30H,2-4H2,1H3,(H2,18,19)(H,20,26)(H,21,25)(H,28,29)/b22-10-/t11-,15-/m1/s1. The molecule has 1 aromatic rings. The Balaban J connectivity index is 1.77. The van der Waals surface area contributed by atoms with E-state index in [2.05, 4.69) is 15.5 Å². The smallest absolute Gasteiger partial charge is 0.352 e. The molecule has 1 saturated heterocycles. The number of aliphatic carboxylic acids is 1. The topological polar surface area (TPSA) is 223 Å². The number of ether oxygens (including phenoxy) is 1. The summed E-state index contributed by atoms with van der Waals surface area (Å²) in [4.78, 5) is 69.3. The largest absolute Gasteiger partial charge is 0.477 e. The van der Waals surface area contributed by atoms with Crippen LogP contribution in [0.5, 0.6) is 0 Å². The molecule has 17 heteroatoms. The monoisotopic (exact) mass is 514 g/mol. The van der Waals surface area contributed by atoms with Crippen LogP contribution in [-0.2, 0) is 33.5 Å². The molecule has 0 radical (unpaired) electrons. The Bertz CT molecular complexity index is 1100. The first kappa shape index (κ1) is 24.9. The number of hydrogen-bond donors (Lipinski definition) is 5. The Kier molecular flexibility index (Phi) is 7.69. The Hall–Kier alpha value is -3.70. The number of nitrogens with two attached hydrogens (primary N) is 1. The number of amides is 3. The first-order valence-electron chi connectivity index (χ1n) is 9.32. The van der Waals surface area contributed by atoms with Gasteiger partial charge in [0.2, 0.25) is 0 Å². The number of thioether (sulfide) groups is 1. The van der Waals surface area contributed by atoms with Crippen molar-refractivity contribution in [2.45, 2.75) is 18.3 Å². The number of thiazole rings is 1. The number of carboxylic acids is 1. The number of esters is 1. The minimum atomic E-state index is -1.37. The van der Waals surface area contributed by atoms with Gasteiger partial charge in [-0.2, -0.15) is 0 Å². The maximum Gasteiger partial charge on any atom is 0.352 e. The van der Waals surface area contributed by atoms with Crippen LogP contribution in [0, 0.1) is 0 Å². The molecule has 1 fully saturated rings. The van der Waals surface area contributed by atoms with E-state index in [-0.39, 0.29) is 34.5 Å². The van der Waals surface area contributed by atoms with Gasteiger partial charge in [0.1, 0.15) is 29.4 Å². The van der Waals surface area contributed by atoms with Gasteiger partial charge in [0.15, 0.2) is 17.5 Å². The lowest BCUT2D eigenvalue weighted by molar-refractivity contribution is -0.150. The fourth-order valence-electron chi connectivity index (χ4n) is 2.98. The number of nitrogen functional groups attached to an aromatic ring is 1. The van der Waals surface area contributed by atoms with E-state index in [1.807, 2.05) is 0 Å². The van der Waals surface area contributed by atoms with Gasteiger partial charge in [0.05, 0.1) is 0 Å². The van der Waals surface area contributed by atoms with Crippen LogP contribution in [0.1, 0.15) is 12.6 Å². The normalized spacial score (nSPS) is 19.6. The quantitative estimate of drug-likeness (QED) is 0.0814. The van der Waals surface area contributed by atoms with Crippen molar-refractivity contribution in [3.8, 4) is 0 Å². The second-order valence-corrected chi connectivity index (χ2v) is 8.71. The predicted octanol–water partition coefficient (Wildman–Crippen LogP) is -1.75. The fourth-order valence-corrected chi connectivity index (χ4v) is 4.86. The van der Waals surface area contributed by atoms with E-state index in [9.17, 15) is 29.1 Å². The number of aromatic nitrogens is 1. The van der Waals surface area contributed by atoms with Crippen LogP contribution in [0.25, 0.3) is 0 Å². The van der Waals surface area contributed by atoms with Crippen molar-refractivity contribution in [3.63, 3.8) is 0 Å². The van der Waals surface area contributed by atoms with Crippen molar-refractivity contribution in [1.29, 1.82) is 0 Å². The molecule has 2 atom stereocenters. The molecule has 15 nitrogen and oxygen atoms in total. The Morgan fingerprint density at radius 1 is 1.38 bits per heavy atom. The molecule has 1 aromatic heterocycles. The first-order chi connectivity index (χ1) is 16.1. The maximum atomic E-state index is 12.9. The zero-order chi connectivity index (χ0) is 25.0. The highest BCUT2D eigenvalue weighted by atomic mass is 32.2. The third kappa shape index (κ3) is 5.26. The van der Waals surface area contributed by atoms with E-state index in [1.54, 1.807) is 0 Å². The van der Waals surface area contributed by atoms with Gasteiger partial charge in [0, 0.05) is 23.6 Å². The molecule has 0 saturated carbocycles. The van der Waals surface area contributed by atoms with Crippen molar-refractivity contribution < 1.29 is 43.9 Å². The molecule has 0 unspecified atom stereocenters. The summed E-state index contributed by atoms with van der Waals surface area (Å²) in [7, 11) is 0. The molecule has 2 aliphatic heterocycles. The van der Waals surface area contributed by atoms with E-state index < -0.39 is 53.4 Å². The number of nitrogens with one attached hydrogen (secondary N) is 2. The zero-order valence-electron chi connectivity index (χ0n) is 17.3. The van der Waals surface area contributed by atoms with E-state index in [4.69, 9.17) is 20.5 Å². The number of hydroxylamine groups is 1. The number of fused-ring (bicyclic) bond motifs is 1. The molecular weight excluding hydrogens is 496 g/mol. The van der Waals surface area contributed by atoms with Crippen molar-refractivity contribution in [1.82, 2.24) is 20.7 Å². The molecule has 182 valence electrons. The van der Waals surface area contributed by atoms with E-state index in [0.717, 1.165) is 16.2 Å². The zero-order valence-corrected chi connectivity index (χ0v) is 19.0. The predicted molar refractivity (Wildman–Crippen MR) is 115 cm³/mol. The lowest BCUT2D eigenvalue weighted by Gasteiger charge is -2.49. The number of anilines is 1. The molecule has 3 rings (SSSR count). The molecule has 0 aromatic carbocycles. The minimum absolute atomic E-state index is 0.0131. The summed E-state index contributed by atoms with van der Waals surface area (Å²) in [5.41, 5.74) is 6.48. The number of nitrogens with zero attached hydrogens (tertiary/aromatic N) is 3. The van der Waals surface area contributed by atoms with Gasteiger partial charge >= 0.3 is 11.9 Å². The summed E-state index contributed by atoms with van der Waals surface area (Å²) in [6.45, 7) is 0.187. The minimum Gasteiger partial charge on any atom is -0.477 e. The van der Waals surface area contributed by atoms with Gasteiger partial charge in [-0.3, -0.25) is 29.3 Å². The summed E-state index contributed by atoms with van der Waals surface area (Å²) >= 11 is 2.18. The summed E-state index contributed by atoms with van der Waals surface area (Å²) in [5, 5.41) is 24.9. The fraction of sp³-hybridized carbons (Fsp3) is 0.353. The van der Waals surface area contributed by atoms with Crippen molar-refractivity contribution >= 4 is 63.6 Å². The van der Waals surface area contributed by atoms with Gasteiger partial charge in [-0.1, -0.05) is 5.16 Å². The van der Waals surface area contributed by atoms with Gasteiger partial charge in [-0.05, 0) is 0 Å². The van der Waals surface area contributed by atoms with Crippen LogP contribution in [0.4, 0.5) is 5.13 Å². The van der Waals surface area contributed by atoms with E-state index in [1.165, 1.54) is 29.5 Å². The Labute approximate surface area is 198 Å². The molecule has 34 heavy (non-hydrogen) atoms. The van der Waals surface area contributed by atoms with Gasteiger partial charge in [-0.25, -0.2) is 15.3 Å². The van der Waals surface area contributed by atoms with Gasteiger partial charge < -0.3 is 25.7 Å². The highest BCUT2D eigenvalue weighted by Gasteiger charge is 2.54. The summed E-state index contributed by atoms with van der Waals surface area (Å²) in [6.07, 6.45) is 0. The average Bonchev–Trinajstić information content (AvgIpc) is 3.23. The Morgan fingerprint density at radius 2 is 2.12 bits per heavy atom. The molecule has 2 aliphatic rings. The van der Waals surface area contributed by atoms with Gasteiger partial charge in [0.25, 0.3) is 17.7 Å². The third-order valence-corrected chi connectivity index (χ3v) is 6.46. The van der Waals surface area contributed by atoms with E-state index in [0.29, 0.717) is 0 Å². The summed E-state index contributed by atoms with van der Waals surface area (Å²) in [6, 6.07) is -1.09. The van der Waals surface area contributed by atoms with Crippen molar-refractivity contribution in [2.75, 3.05) is 24.7 Å². The van der Waals surface area contributed by atoms with Crippen LogP contribution < -0.4 is 16.5 Å². The van der Waals surface area contributed by atoms with E-state index >= 15 is 0 Å². The van der Waals surface area contributed by atoms with Crippen molar-refractivity contribution in [2.24, 2.45) is 5.16 Å². The molecule has 3 heterocycles. The van der Waals surface area contributed by atoms with Crippen LogP contribution in [-0.4, -0.2) is 86.0 Å². The molecule has 0 aliphatic carbocycles. The Morgan fingerprint density at radius 3 is 2.71 bits per heavy atom. The number of rotatable bonds is 9. The van der Waals surface area contributed by atoms with Crippen LogP contribution in [0.2, 0.25) is 0 Å². The molecule has 0 spiro atoms. The van der Waals surface area contributed by atoms with Crippen LogP contribution in [0.3, 0.4) is 0 Å². The number of β-lactam (4-membered cyclic amide) rings is 1. The maximum absolute atomic E-state index is 12.9. The van der Waals surface area contributed by atoms with Gasteiger partial charge in [-0.15, -0.1) is 23.1 Å². The van der Waals surface area contributed by atoms with Crippen LogP contribution >= 0.6 is 23.1 Å². The average molecular weight is 514 g/mol. The number of carbonyl (C=O) groups is 5. The lowest BCUT2D eigenvalue weighted by atomic mass is 10.0. The molecule has 6 N–H and O–H groups in total. The number of oxime groups is 1. The molecule has 3 amide bonds. The summed E-state index contributed by atoms with van der Waals surface area (Å²) < 4.78 is 4.87. The highest BCUT2D eigenvalue weighted by Crippen LogP contribution is 2.40. The number of hydrogen-bond acceptors (Lipinski definition) is 13. The second kappa shape index (κ2) is 10.5. The summed E-state index contributed by atoms with van der Waals surface area (Å²) in [5.74, 6) is -4.33. The number of carboxylic acid groups (broad SMARTS) is 1.